The van der Waals surface area contributed by atoms with Crippen LogP contribution in [0.15, 0.2) is 11.0 Å². The minimum atomic E-state index is -1.76. The monoisotopic (exact) mass is 338 g/mol. The second-order valence-corrected chi connectivity index (χ2v) is 5.39. The number of hydrogen-bond acceptors (Lipinski definition) is 8. The molecule has 0 amide bonds. The van der Waals surface area contributed by atoms with Gasteiger partial charge in [0.05, 0.1) is 6.61 Å². The lowest BCUT2D eigenvalue weighted by Crippen LogP contribution is -2.53. The molecule has 1 aliphatic heterocycles. The van der Waals surface area contributed by atoms with Crippen molar-refractivity contribution in [1.82, 2.24) is 14.5 Å². The molecule has 1 aliphatic rings. The SMILES string of the molecule is NC#C[C@@]1(N)C(O)[C@@H](CO)O[C@H]1n1cc(F)c2c(=O)[nH]c(N)nc21. The minimum absolute atomic E-state index is 0.141. The summed E-state index contributed by atoms with van der Waals surface area (Å²) in [5, 5.41) is 19.2. The van der Waals surface area contributed by atoms with Crippen molar-refractivity contribution in [1.29, 1.82) is 0 Å². The van der Waals surface area contributed by atoms with E-state index in [9.17, 15) is 19.4 Å². The molecular formula is C13H15FN6O4. The van der Waals surface area contributed by atoms with Gasteiger partial charge < -0.3 is 32.2 Å². The molecule has 11 heteroatoms. The Kier molecular flexibility index (Phi) is 3.69. The summed E-state index contributed by atoms with van der Waals surface area (Å²) in [6.45, 7) is -0.555. The first kappa shape index (κ1) is 16.2. The van der Waals surface area contributed by atoms with Gasteiger partial charge in [0, 0.05) is 12.2 Å². The molecule has 1 saturated heterocycles. The van der Waals surface area contributed by atoms with Gasteiger partial charge in [-0.3, -0.25) is 14.3 Å². The second kappa shape index (κ2) is 5.46. The van der Waals surface area contributed by atoms with E-state index in [1.54, 1.807) is 0 Å². The van der Waals surface area contributed by atoms with Gasteiger partial charge in [-0.05, 0) is 0 Å². The van der Waals surface area contributed by atoms with Crippen molar-refractivity contribution in [3.8, 4) is 12.0 Å². The molecule has 24 heavy (non-hydrogen) atoms. The fourth-order valence-corrected chi connectivity index (χ4v) is 2.81. The molecule has 0 spiro atoms. The van der Waals surface area contributed by atoms with Crippen LogP contribution in [0.2, 0.25) is 0 Å². The lowest BCUT2D eigenvalue weighted by atomic mass is 9.92. The van der Waals surface area contributed by atoms with Crippen LogP contribution in [-0.4, -0.2) is 49.1 Å². The van der Waals surface area contributed by atoms with Crippen molar-refractivity contribution in [2.75, 3.05) is 12.3 Å². The summed E-state index contributed by atoms with van der Waals surface area (Å²) < 4.78 is 20.8. The Hall–Kier alpha value is -2.65. The van der Waals surface area contributed by atoms with Gasteiger partial charge in [-0.1, -0.05) is 5.92 Å². The molecule has 0 radical (unpaired) electrons. The maximum atomic E-state index is 14.2. The molecule has 2 aromatic heterocycles. The van der Waals surface area contributed by atoms with Gasteiger partial charge in [0.15, 0.2) is 23.2 Å². The molecular weight excluding hydrogens is 323 g/mol. The summed E-state index contributed by atoms with van der Waals surface area (Å²) in [4.78, 5) is 18.0. The summed E-state index contributed by atoms with van der Waals surface area (Å²) in [6.07, 6.45) is -2.82. The van der Waals surface area contributed by atoms with Crippen LogP contribution in [0, 0.1) is 17.8 Å². The second-order valence-electron chi connectivity index (χ2n) is 5.39. The smallest absolute Gasteiger partial charge is 0.264 e. The van der Waals surface area contributed by atoms with Gasteiger partial charge in [-0.25, -0.2) is 4.39 Å². The first-order valence-electron chi connectivity index (χ1n) is 6.85. The predicted octanol–water partition coefficient (Wildman–Crippen LogP) is -2.69. The third kappa shape index (κ3) is 2.13. The van der Waals surface area contributed by atoms with Crippen molar-refractivity contribution in [2.45, 2.75) is 24.0 Å². The van der Waals surface area contributed by atoms with Crippen LogP contribution in [0.1, 0.15) is 6.23 Å². The normalized spacial score (nSPS) is 29.6. The number of nitrogens with two attached hydrogens (primary N) is 3. The molecule has 1 fully saturated rings. The van der Waals surface area contributed by atoms with Gasteiger partial charge in [0.2, 0.25) is 5.95 Å². The lowest BCUT2D eigenvalue weighted by Gasteiger charge is -2.27. The highest BCUT2D eigenvalue weighted by Crippen LogP contribution is 2.38. The van der Waals surface area contributed by atoms with Crippen LogP contribution in [0.25, 0.3) is 11.0 Å². The molecule has 2 aromatic rings. The standard InChI is InChI=1S/C13H15FN6O4/c14-5-3-20(9-7(5)10(23)19-12(16)18-9)11-13(17,1-2-15)8(22)6(4-21)24-11/h3,6,8,11,21-22H,4,15,17H2,(H3,16,18,19,23)/t6-,8?,11-,13-/m1/s1. The molecule has 3 rings (SSSR count). The Morgan fingerprint density at radius 2 is 2.29 bits per heavy atom. The number of rotatable bonds is 2. The van der Waals surface area contributed by atoms with Crippen molar-refractivity contribution in [3.05, 3.63) is 22.4 Å². The third-order valence-corrected chi connectivity index (χ3v) is 3.93. The van der Waals surface area contributed by atoms with Crippen molar-refractivity contribution < 1.29 is 19.3 Å². The predicted molar refractivity (Wildman–Crippen MR) is 80.6 cm³/mol. The zero-order valence-electron chi connectivity index (χ0n) is 12.2. The average Bonchev–Trinajstić information content (AvgIpc) is 2.96. The van der Waals surface area contributed by atoms with Gasteiger partial charge in [-0.2, -0.15) is 4.98 Å². The van der Waals surface area contributed by atoms with Crippen LogP contribution < -0.4 is 22.8 Å². The molecule has 0 saturated carbocycles. The summed E-state index contributed by atoms with van der Waals surface area (Å²) in [6, 6.07) is 2.09. The van der Waals surface area contributed by atoms with Gasteiger partial charge in [-0.15, -0.1) is 0 Å². The zero-order chi connectivity index (χ0) is 17.6. The number of nitrogen functional groups attached to an aromatic ring is 1. The zero-order valence-corrected chi connectivity index (χ0v) is 12.2. The summed E-state index contributed by atoms with van der Waals surface area (Å²) >= 11 is 0. The van der Waals surface area contributed by atoms with Crippen LogP contribution in [0.4, 0.5) is 10.3 Å². The van der Waals surface area contributed by atoms with Crippen LogP contribution in [0.5, 0.6) is 0 Å². The molecule has 128 valence electrons. The van der Waals surface area contributed by atoms with Gasteiger partial charge in [0.25, 0.3) is 5.56 Å². The molecule has 0 aromatic carbocycles. The van der Waals surface area contributed by atoms with Crippen LogP contribution in [0.3, 0.4) is 0 Å². The van der Waals surface area contributed by atoms with E-state index in [1.807, 2.05) is 0 Å². The lowest BCUT2D eigenvalue weighted by molar-refractivity contribution is -0.0446. The molecule has 0 bridgehead atoms. The number of nitrogens with zero attached hydrogens (tertiary/aromatic N) is 2. The highest BCUT2D eigenvalue weighted by molar-refractivity contribution is 5.77. The Balaban J connectivity index is 2.26. The van der Waals surface area contributed by atoms with Gasteiger partial charge >= 0.3 is 0 Å². The maximum Gasteiger partial charge on any atom is 0.264 e. The number of hydrogen-bond donors (Lipinski definition) is 6. The number of aliphatic hydroxyl groups excluding tert-OH is 2. The fourth-order valence-electron chi connectivity index (χ4n) is 2.81. The molecule has 3 heterocycles. The highest BCUT2D eigenvalue weighted by Gasteiger charge is 2.54. The van der Waals surface area contributed by atoms with Crippen LogP contribution in [-0.2, 0) is 4.74 Å². The van der Waals surface area contributed by atoms with E-state index >= 15 is 0 Å². The van der Waals surface area contributed by atoms with Crippen molar-refractivity contribution >= 4 is 17.0 Å². The number of aliphatic hydroxyl groups is 2. The quantitative estimate of drug-likeness (QED) is 0.253. The largest absolute Gasteiger partial charge is 0.394 e. The fraction of sp³-hybridized carbons (Fsp3) is 0.385. The van der Waals surface area contributed by atoms with E-state index in [-0.39, 0.29) is 17.0 Å². The highest BCUT2D eigenvalue weighted by atomic mass is 19.1. The number of aromatic amines is 1. The van der Waals surface area contributed by atoms with Crippen molar-refractivity contribution in [3.63, 3.8) is 0 Å². The Labute approximate surface area is 134 Å². The summed E-state index contributed by atoms with van der Waals surface area (Å²) in [5.41, 5.74) is 14.1. The average molecular weight is 338 g/mol. The summed E-state index contributed by atoms with van der Waals surface area (Å²) in [7, 11) is 0. The van der Waals surface area contributed by atoms with E-state index in [1.165, 1.54) is 0 Å². The topological polar surface area (TPSA) is 178 Å². The first-order valence-corrected chi connectivity index (χ1v) is 6.85. The Morgan fingerprint density at radius 3 is 2.92 bits per heavy atom. The molecule has 4 atom stereocenters. The molecule has 10 nitrogen and oxygen atoms in total. The number of halogens is 1. The minimum Gasteiger partial charge on any atom is -0.394 e. The number of nitrogens with one attached hydrogen (secondary N) is 1. The van der Waals surface area contributed by atoms with Crippen LogP contribution >= 0.6 is 0 Å². The number of ether oxygens (including phenoxy) is 1. The van der Waals surface area contributed by atoms with E-state index in [0.29, 0.717) is 0 Å². The van der Waals surface area contributed by atoms with E-state index < -0.39 is 42.0 Å². The number of anilines is 1. The summed E-state index contributed by atoms with van der Waals surface area (Å²) in [5.74, 6) is 1.30. The first-order chi connectivity index (χ1) is 11.3. The van der Waals surface area contributed by atoms with Crippen molar-refractivity contribution in [2.24, 2.45) is 11.5 Å². The molecule has 9 N–H and O–H groups in total. The molecule has 1 unspecified atom stereocenters. The number of aromatic nitrogens is 3. The van der Waals surface area contributed by atoms with E-state index in [4.69, 9.17) is 21.9 Å². The maximum absolute atomic E-state index is 14.2. The number of fused-ring (bicyclic) bond motifs is 1. The Morgan fingerprint density at radius 1 is 1.58 bits per heavy atom. The Bertz CT molecular complexity index is 915. The third-order valence-electron chi connectivity index (χ3n) is 3.93. The molecule has 0 aliphatic carbocycles. The number of H-pyrrole nitrogens is 1. The van der Waals surface area contributed by atoms with E-state index in [2.05, 4.69) is 21.9 Å². The van der Waals surface area contributed by atoms with Gasteiger partial charge in [0.1, 0.15) is 17.6 Å². The van der Waals surface area contributed by atoms with E-state index in [0.717, 1.165) is 10.8 Å².